The van der Waals surface area contributed by atoms with Crippen LogP contribution in [0.25, 0.3) is 11.6 Å². The van der Waals surface area contributed by atoms with Crippen molar-refractivity contribution in [2.75, 3.05) is 6.54 Å². The molecule has 2 rings (SSSR count). The van der Waals surface area contributed by atoms with E-state index in [0.29, 0.717) is 18.1 Å². The second kappa shape index (κ2) is 4.67. The molecule has 0 bridgehead atoms. The van der Waals surface area contributed by atoms with Crippen molar-refractivity contribution >= 4 is 0 Å². The third-order valence-corrected chi connectivity index (χ3v) is 2.16. The molecule has 0 aromatic carbocycles. The first kappa shape index (κ1) is 11.8. The lowest BCUT2D eigenvalue weighted by Crippen LogP contribution is -2.38. The van der Waals surface area contributed by atoms with E-state index in [1.54, 1.807) is 17.1 Å². The van der Waals surface area contributed by atoms with Crippen molar-refractivity contribution in [3.63, 3.8) is 0 Å². The molecule has 2 heterocycles. The normalized spacial score (nSPS) is 11.9. The quantitative estimate of drug-likeness (QED) is 0.865. The minimum Gasteiger partial charge on any atom is -0.461 e. The van der Waals surface area contributed by atoms with Crippen molar-refractivity contribution in [3.05, 3.63) is 18.4 Å². The van der Waals surface area contributed by atoms with Gasteiger partial charge in [-0.25, -0.2) is 0 Å². The Bertz CT molecular complexity index is 454. The average molecular weight is 235 g/mol. The molecule has 6 nitrogen and oxygen atoms in total. The molecular weight excluding hydrogens is 218 g/mol. The standard InChI is InChI=1S/C11H17N5O/c1-11(2,3)12-6-7-16-14-10(13-15-16)9-5-4-8-17-9/h4-5,8,12H,6-7H2,1-3H3. The first-order valence-electron chi connectivity index (χ1n) is 5.61. The molecule has 6 heteroatoms. The summed E-state index contributed by atoms with van der Waals surface area (Å²) in [6.07, 6.45) is 1.59. The highest BCUT2D eigenvalue weighted by molar-refractivity contribution is 5.43. The predicted molar refractivity (Wildman–Crippen MR) is 63.3 cm³/mol. The summed E-state index contributed by atoms with van der Waals surface area (Å²) in [4.78, 5) is 1.57. The maximum absolute atomic E-state index is 5.20. The van der Waals surface area contributed by atoms with Crippen molar-refractivity contribution in [1.82, 2.24) is 25.5 Å². The van der Waals surface area contributed by atoms with Crippen LogP contribution in [-0.2, 0) is 6.54 Å². The Morgan fingerprint density at radius 1 is 1.41 bits per heavy atom. The van der Waals surface area contributed by atoms with Crippen LogP contribution in [0.5, 0.6) is 0 Å². The minimum absolute atomic E-state index is 0.102. The van der Waals surface area contributed by atoms with Crippen molar-refractivity contribution < 1.29 is 4.42 Å². The lowest BCUT2D eigenvalue weighted by atomic mass is 10.1. The lowest BCUT2D eigenvalue weighted by molar-refractivity contribution is 0.391. The lowest BCUT2D eigenvalue weighted by Gasteiger charge is -2.19. The van der Waals surface area contributed by atoms with Gasteiger partial charge in [0.25, 0.3) is 0 Å². The van der Waals surface area contributed by atoms with Crippen LogP contribution in [0.2, 0.25) is 0 Å². The Kier molecular flexibility index (Phi) is 3.23. The molecule has 1 N–H and O–H groups in total. The summed E-state index contributed by atoms with van der Waals surface area (Å²) in [7, 11) is 0. The van der Waals surface area contributed by atoms with Gasteiger partial charge in [0.15, 0.2) is 5.76 Å². The third kappa shape index (κ3) is 3.39. The van der Waals surface area contributed by atoms with Crippen molar-refractivity contribution in [3.8, 4) is 11.6 Å². The summed E-state index contributed by atoms with van der Waals surface area (Å²) in [5, 5.41) is 15.5. The van der Waals surface area contributed by atoms with E-state index >= 15 is 0 Å². The van der Waals surface area contributed by atoms with Crippen LogP contribution >= 0.6 is 0 Å². The molecule has 0 radical (unpaired) electrons. The van der Waals surface area contributed by atoms with Crippen LogP contribution < -0.4 is 5.32 Å². The minimum atomic E-state index is 0.102. The van der Waals surface area contributed by atoms with Crippen LogP contribution in [0, 0.1) is 0 Å². The Morgan fingerprint density at radius 2 is 2.24 bits per heavy atom. The molecule has 0 aliphatic rings. The molecule has 0 atom stereocenters. The highest BCUT2D eigenvalue weighted by Crippen LogP contribution is 2.12. The molecule has 0 saturated carbocycles. The van der Waals surface area contributed by atoms with E-state index in [4.69, 9.17) is 4.42 Å². The van der Waals surface area contributed by atoms with Gasteiger partial charge in [0.05, 0.1) is 12.8 Å². The fourth-order valence-corrected chi connectivity index (χ4v) is 1.37. The van der Waals surface area contributed by atoms with Gasteiger partial charge < -0.3 is 9.73 Å². The van der Waals surface area contributed by atoms with Crippen molar-refractivity contribution in [2.45, 2.75) is 32.9 Å². The smallest absolute Gasteiger partial charge is 0.240 e. The molecule has 0 aliphatic heterocycles. The number of hydrogen-bond acceptors (Lipinski definition) is 5. The van der Waals surface area contributed by atoms with Gasteiger partial charge in [-0.2, -0.15) is 4.80 Å². The Balaban J connectivity index is 1.91. The SMILES string of the molecule is CC(C)(C)NCCn1nnc(-c2ccco2)n1. The highest BCUT2D eigenvalue weighted by atomic mass is 16.3. The van der Waals surface area contributed by atoms with E-state index < -0.39 is 0 Å². The fourth-order valence-electron chi connectivity index (χ4n) is 1.37. The molecular formula is C11H17N5O. The van der Waals surface area contributed by atoms with Gasteiger partial charge in [0.1, 0.15) is 0 Å². The van der Waals surface area contributed by atoms with Crippen LogP contribution in [0.1, 0.15) is 20.8 Å². The van der Waals surface area contributed by atoms with Gasteiger partial charge in [0.2, 0.25) is 5.82 Å². The Labute approximate surface area is 100 Å². The summed E-state index contributed by atoms with van der Waals surface area (Å²) in [5.74, 6) is 1.16. The summed E-state index contributed by atoms with van der Waals surface area (Å²) >= 11 is 0. The monoisotopic (exact) mass is 235 g/mol. The van der Waals surface area contributed by atoms with Gasteiger partial charge in [0, 0.05) is 12.1 Å². The zero-order valence-corrected chi connectivity index (χ0v) is 10.3. The van der Waals surface area contributed by atoms with E-state index in [1.807, 2.05) is 6.07 Å². The van der Waals surface area contributed by atoms with Crippen molar-refractivity contribution in [1.29, 1.82) is 0 Å². The fraction of sp³-hybridized carbons (Fsp3) is 0.545. The molecule has 2 aromatic heterocycles. The number of aromatic nitrogens is 4. The van der Waals surface area contributed by atoms with Gasteiger partial charge in [-0.1, -0.05) is 0 Å². The van der Waals surface area contributed by atoms with E-state index in [9.17, 15) is 0 Å². The van der Waals surface area contributed by atoms with E-state index in [1.165, 1.54) is 0 Å². The molecule has 0 fully saturated rings. The van der Waals surface area contributed by atoms with E-state index in [0.717, 1.165) is 6.54 Å². The van der Waals surface area contributed by atoms with Gasteiger partial charge >= 0.3 is 0 Å². The number of nitrogens with zero attached hydrogens (tertiary/aromatic N) is 4. The number of furan rings is 1. The Hall–Kier alpha value is -1.69. The zero-order chi connectivity index (χ0) is 12.3. The number of tetrazole rings is 1. The topological polar surface area (TPSA) is 68.8 Å². The van der Waals surface area contributed by atoms with Crippen LogP contribution in [0.4, 0.5) is 0 Å². The first-order chi connectivity index (χ1) is 8.04. The van der Waals surface area contributed by atoms with Crippen LogP contribution in [0.3, 0.4) is 0 Å². The Morgan fingerprint density at radius 3 is 2.88 bits per heavy atom. The molecule has 0 saturated heterocycles. The summed E-state index contributed by atoms with van der Waals surface area (Å²) in [6.45, 7) is 7.85. The molecule has 0 spiro atoms. The molecule has 17 heavy (non-hydrogen) atoms. The van der Waals surface area contributed by atoms with Gasteiger partial charge in [-0.05, 0) is 38.1 Å². The number of nitrogens with one attached hydrogen (secondary N) is 1. The maximum atomic E-state index is 5.20. The van der Waals surface area contributed by atoms with E-state index in [2.05, 4.69) is 41.5 Å². The number of hydrogen-bond donors (Lipinski definition) is 1. The van der Waals surface area contributed by atoms with Gasteiger partial charge in [-0.15, -0.1) is 10.2 Å². The number of rotatable bonds is 4. The third-order valence-electron chi connectivity index (χ3n) is 2.16. The molecule has 0 amide bonds. The summed E-state index contributed by atoms with van der Waals surface area (Å²) in [5.41, 5.74) is 0.102. The van der Waals surface area contributed by atoms with E-state index in [-0.39, 0.29) is 5.54 Å². The first-order valence-corrected chi connectivity index (χ1v) is 5.61. The molecule has 0 aliphatic carbocycles. The van der Waals surface area contributed by atoms with Gasteiger partial charge in [-0.3, -0.25) is 0 Å². The summed E-state index contributed by atoms with van der Waals surface area (Å²) < 4.78 is 5.20. The molecule has 92 valence electrons. The molecule has 0 unspecified atom stereocenters. The second-order valence-electron chi connectivity index (χ2n) is 4.86. The van der Waals surface area contributed by atoms with Crippen molar-refractivity contribution in [2.24, 2.45) is 0 Å². The highest BCUT2D eigenvalue weighted by Gasteiger charge is 2.10. The zero-order valence-electron chi connectivity index (χ0n) is 10.3. The predicted octanol–water partition coefficient (Wildman–Crippen LogP) is 1.32. The molecule has 2 aromatic rings. The second-order valence-corrected chi connectivity index (χ2v) is 4.86. The average Bonchev–Trinajstić information content (AvgIpc) is 2.83. The van der Waals surface area contributed by atoms with Crippen LogP contribution in [-0.4, -0.2) is 32.3 Å². The van der Waals surface area contributed by atoms with Crippen LogP contribution in [0.15, 0.2) is 22.8 Å². The maximum Gasteiger partial charge on any atom is 0.240 e. The summed E-state index contributed by atoms with van der Waals surface area (Å²) in [6, 6.07) is 3.62. The largest absolute Gasteiger partial charge is 0.461 e.